The zero-order valence-corrected chi connectivity index (χ0v) is 20.0. The number of piperazine rings is 1. The molecule has 0 spiro atoms. The molecule has 1 amide bonds. The number of nitrogens with zero attached hydrogens (tertiary/aromatic N) is 4. The molecular formula is C29H28N6O. The maximum absolute atomic E-state index is 12.8. The van der Waals surface area contributed by atoms with Crippen LogP contribution in [0, 0.1) is 0 Å². The predicted octanol–water partition coefficient (Wildman–Crippen LogP) is 4.49. The minimum absolute atomic E-state index is 0.0875. The molecule has 4 aromatic rings. The molecule has 0 unspecified atom stereocenters. The molecule has 1 saturated heterocycles. The first-order valence-electron chi connectivity index (χ1n) is 12.5. The van der Waals surface area contributed by atoms with Gasteiger partial charge in [-0.2, -0.15) is 0 Å². The van der Waals surface area contributed by atoms with Crippen LogP contribution in [0.5, 0.6) is 0 Å². The number of nitrogens with one attached hydrogen (secondary N) is 2. The van der Waals surface area contributed by atoms with Crippen molar-refractivity contribution in [3.8, 4) is 33.6 Å². The molecule has 7 heteroatoms. The van der Waals surface area contributed by atoms with Gasteiger partial charge in [0.2, 0.25) is 0 Å². The largest absolute Gasteiger partial charge is 0.367 e. The van der Waals surface area contributed by atoms with E-state index in [0.29, 0.717) is 6.04 Å². The number of anilines is 1. The van der Waals surface area contributed by atoms with Gasteiger partial charge >= 0.3 is 0 Å². The van der Waals surface area contributed by atoms with Crippen LogP contribution in [-0.2, 0) is 0 Å². The van der Waals surface area contributed by atoms with Gasteiger partial charge in [0.15, 0.2) is 0 Å². The van der Waals surface area contributed by atoms with Crippen LogP contribution in [-0.4, -0.2) is 58.0 Å². The first-order valence-corrected chi connectivity index (χ1v) is 12.5. The molecule has 0 radical (unpaired) electrons. The molecular weight excluding hydrogens is 448 g/mol. The summed E-state index contributed by atoms with van der Waals surface area (Å²) in [6, 6.07) is 20.5. The van der Waals surface area contributed by atoms with Gasteiger partial charge in [0.25, 0.3) is 5.91 Å². The molecule has 36 heavy (non-hydrogen) atoms. The van der Waals surface area contributed by atoms with Crippen LogP contribution >= 0.6 is 0 Å². The molecule has 180 valence electrons. The molecule has 6 rings (SSSR count). The summed E-state index contributed by atoms with van der Waals surface area (Å²) in [5.74, 6) is 0.946. The standard InChI is InChI=1S/C29H28N6O/c36-29(35-13-11-30-12-14-35)21-6-4-20(5-7-21)23-15-24(19-31-18-23)22-16-27(26-3-1-2-10-32-26)34-28(17-22)33-25-8-9-25/h1-7,10,15-19,25,30H,8-9,11-14H2,(H,33,34). The summed E-state index contributed by atoms with van der Waals surface area (Å²) in [6.07, 6.45) is 7.88. The summed E-state index contributed by atoms with van der Waals surface area (Å²) in [4.78, 5) is 28.6. The number of amides is 1. The first-order chi connectivity index (χ1) is 17.7. The van der Waals surface area contributed by atoms with Crippen molar-refractivity contribution in [1.82, 2.24) is 25.2 Å². The lowest BCUT2D eigenvalue weighted by Crippen LogP contribution is -2.46. The first kappa shape index (κ1) is 22.4. The van der Waals surface area contributed by atoms with E-state index in [0.717, 1.165) is 71.2 Å². The van der Waals surface area contributed by atoms with Gasteiger partial charge in [-0.1, -0.05) is 18.2 Å². The molecule has 1 aliphatic heterocycles. The number of hydrogen-bond acceptors (Lipinski definition) is 6. The van der Waals surface area contributed by atoms with Crippen molar-refractivity contribution in [2.75, 3.05) is 31.5 Å². The van der Waals surface area contributed by atoms with Gasteiger partial charge in [-0.25, -0.2) is 4.98 Å². The highest BCUT2D eigenvalue weighted by molar-refractivity contribution is 5.95. The second-order valence-corrected chi connectivity index (χ2v) is 9.34. The molecule has 2 aliphatic rings. The summed E-state index contributed by atoms with van der Waals surface area (Å²) in [6.45, 7) is 3.18. The van der Waals surface area contributed by atoms with E-state index < -0.39 is 0 Å². The molecule has 0 bridgehead atoms. The normalized spacial score (nSPS) is 15.5. The van der Waals surface area contributed by atoms with Crippen molar-refractivity contribution in [2.24, 2.45) is 0 Å². The van der Waals surface area contributed by atoms with Crippen LogP contribution in [0.3, 0.4) is 0 Å². The number of aromatic nitrogens is 3. The number of rotatable bonds is 6. The fourth-order valence-electron chi connectivity index (χ4n) is 4.46. The topological polar surface area (TPSA) is 83.0 Å². The highest BCUT2D eigenvalue weighted by Gasteiger charge is 2.22. The van der Waals surface area contributed by atoms with E-state index in [1.165, 1.54) is 12.8 Å². The van der Waals surface area contributed by atoms with Crippen molar-refractivity contribution in [3.05, 3.63) is 84.8 Å². The maximum atomic E-state index is 12.8. The Bertz CT molecular complexity index is 1360. The molecule has 1 aliphatic carbocycles. The Kier molecular flexibility index (Phi) is 6.13. The lowest BCUT2D eigenvalue weighted by molar-refractivity contribution is 0.0736. The van der Waals surface area contributed by atoms with Gasteiger partial charge in [0, 0.05) is 67.5 Å². The van der Waals surface area contributed by atoms with Crippen LogP contribution in [0.25, 0.3) is 33.6 Å². The van der Waals surface area contributed by atoms with Crippen LogP contribution in [0.4, 0.5) is 5.82 Å². The Balaban J connectivity index is 1.29. The molecule has 1 aromatic carbocycles. The zero-order valence-electron chi connectivity index (χ0n) is 20.0. The second kappa shape index (κ2) is 9.87. The van der Waals surface area contributed by atoms with E-state index in [1.54, 1.807) is 6.20 Å². The Labute approximate surface area is 210 Å². The third-order valence-corrected chi connectivity index (χ3v) is 6.62. The third kappa shape index (κ3) is 4.97. The van der Waals surface area contributed by atoms with Gasteiger partial charge < -0.3 is 15.5 Å². The average Bonchev–Trinajstić information content (AvgIpc) is 3.77. The van der Waals surface area contributed by atoms with Crippen molar-refractivity contribution >= 4 is 11.7 Å². The summed E-state index contributed by atoms with van der Waals surface area (Å²) in [7, 11) is 0. The smallest absolute Gasteiger partial charge is 0.253 e. The van der Waals surface area contributed by atoms with Crippen molar-refractivity contribution in [3.63, 3.8) is 0 Å². The summed E-state index contributed by atoms with van der Waals surface area (Å²) >= 11 is 0. The molecule has 2 N–H and O–H groups in total. The third-order valence-electron chi connectivity index (χ3n) is 6.62. The van der Waals surface area contributed by atoms with Crippen molar-refractivity contribution in [1.29, 1.82) is 0 Å². The molecule has 3 aromatic heterocycles. The monoisotopic (exact) mass is 476 g/mol. The number of hydrogen-bond donors (Lipinski definition) is 2. The minimum atomic E-state index is 0.0875. The van der Waals surface area contributed by atoms with Gasteiger partial charge in [-0.15, -0.1) is 0 Å². The fourth-order valence-corrected chi connectivity index (χ4v) is 4.46. The Hall–Kier alpha value is -4.10. The second-order valence-electron chi connectivity index (χ2n) is 9.34. The summed E-state index contributed by atoms with van der Waals surface area (Å²) < 4.78 is 0. The Morgan fingerprint density at radius 1 is 0.861 bits per heavy atom. The van der Waals surface area contributed by atoms with Gasteiger partial charge in [0.05, 0.1) is 11.4 Å². The average molecular weight is 477 g/mol. The van der Waals surface area contributed by atoms with E-state index in [2.05, 4.69) is 38.8 Å². The van der Waals surface area contributed by atoms with E-state index in [-0.39, 0.29) is 5.91 Å². The van der Waals surface area contributed by atoms with Gasteiger partial charge in [0.1, 0.15) is 5.82 Å². The summed E-state index contributed by atoms with van der Waals surface area (Å²) in [5, 5.41) is 6.81. The van der Waals surface area contributed by atoms with Crippen molar-refractivity contribution in [2.45, 2.75) is 18.9 Å². The molecule has 2 fully saturated rings. The highest BCUT2D eigenvalue weighted by Crippen LogP contribution is 2.32. The SMILES string of the molecule is O=C(c1ccc(-c2cncc(-c3cc(NC4CC4)nc(-c4ccccn4)c3)c2)cc1)N1CCNCC1. The number of pyridine rings is 3. The highest BCUT2D eigenvalue weighted by atomic mass is 16.2. The van der Waals surface area contributed by atoms with Crippen LogP contribution in [0.15, 0.2) is 79.3 Å². The zero-order chi connectivity index (χ0) is 24.3. The lowest BCUT2D eigenvalue weighted by Gasteiger charge is -2.27. The number of carbonyl (C=O) groups excluding carboxylic acids is 1. The number of benzene rings is 1. The number of carbonyl (C=O) groups is 1. The summed E-state index contributed by atoms with van der Waals surface area (Å²) in [5.41, 5.74) is 6.46. The van der Waals surface area contributed by atoms with E-state index in [4.69, 9.17) is 4.98 Å². The maximum Gasteiger partial charge on any atom is 0.253 e. The van der Waals surface area contributed by atoms with E-state index in [9.17, 15) is 4.79 Å². The fraction of sp³-hybridized carbons (Fsp3) is 0.241. The van der Waals surface area contributed by atoms with E-state index >= 15 is 0 Å². The minimum Gasteiger partial charge on any atom is -0.367 e. The lowest BCUT2D eigenvalue weighted by atomic mass is 10.0. The Morgan fingerprint density at radius 3 is 2.36 bits per heavy atom. The van der Waals surface area contributed by atoms with Crippen LogP contribution in [0.2, 0.25) is 0 Å². The molecule has 4 heterocycles. The van der Waals surface area contributed by atoms with E-state index in [1.807, 2.05) is 59.8 Å². The van der Waals surface area contributed by atoms with Crippen LogP contribution < -0.4 is 10.6 Å². The van der Waals surface area contributed by atoms with Crippen LogP contribution in [0.1, 0.15) is 23.2 Å². The van der Waals surface area contributed by atoms with Crippen molar-refractivity contribution < 1.29 is 4.79 Å². The van der Waals surface area contributed by atoms with Gasteiger partial charge in [-0.05, 0) is 66.4 Å². The quantitative estimate of drug-likeness (QED) is 0.427. The molecule has 1 saturated carbocycles. The predicted molar refractivity (Wildman–Crippen MR) is 142 cm³/mol. The molecule has 7 nitrogen and oxygen atoms in total. The molecule has 0 atom stereocenters. The Morgan fingerprint density at radius 2 is 1.64 bits per heavy atom. The van der Waals surface area contributed by atoms with Gasteiger partial charge in [-0.3, -0.25) is 14.8 Å².